The maximum Gasteiger partial charge on any atom is 0.00515 e. The van der Waals surface area contributed by atoms with Gasteiger partial charge in [-0.2, -0.15) is 0 Å². The molecule has 1 aromatic carbocycles. The normalized spacial score (nSPS) is 12.5. The van der Waals surface area contributed by atoms with E-state index in [2.05, 4.69) is 62.5 Å². The van der Waals surface area contributed by atoms with Crippen LogP contribution in [0.25, 0.3) is 0 Å². The lowest BCUT2D eigenvalue weighted by molar-refractivity contribution is 0.480. The van der Waals surface area contributed by atoms with E-state index in [-0.39, 0.29) is 0 Å². The summed E-state index contributed by atoms with van der Waals surface area (Å²) in [4.78, 5) is 3.03. The molecule has 114 valence electrons. The number of hydrogen-bond donors (Lipinski definition) is 1. The van der Waals surface area contributed by atoms with Crippen LogP contribution >= 0.6 is 11.3 Å². The molecular weight excluding hydrogens is 274 g/mol. The second-order valence-corrected chi connectivity index (χ2v) is 6.98. The van der Waals surface area contributed by atoms with Crippen LogP contribution in [0.2, 0.25) is 0 Å². The molecule has 0 bridgehead atoms. The molecule has 2 rings (SSSR count). The third-order valence-corrected chi connectivity index (χ3v) is 5.26. The fourth-order valence-electron chi connectivity index (χ4n) is 2.72. The maximum absolute atomic E-state index is 3.53. The Hall–Kier alpha value is -1.12. The highest BCUT2D eigenvalue weighted by Crippen LogP contribution is 2.23. The second kappa shape index (κ2) is 8.35. The van der Waals surface area contributed by atoms with Gasteiger partial charge in [0.15, 0.2) is 0 Å². The zero-order valence-corrected chi connectivity index (χ0v) is 14.3. The first-order valence-electron chi connectivity index (χ1n) is 8.05. The molecule has 0 saturated carbocycles. The number of thiophene rings is 1. The first-order valence-corrected chi connectivity index (χ1v) is 8.87. The molecule has 21 heavy (non-hydrogen) atoms. The van der Waals surface area contributed by atoms with Crippen molar-refractivity contribution >= 4 is 11.3 Å². The van der Waals surface area contributed by atoms with E-state index < -0.39 is 0 Å². The average Bonchev–Trinajstić information content (AvgIpc) is 2.94. The summed E-state index contributed by atoms with van der Waals surface area (Å²) in [6, 6.07) is 13.4. The van der Waals surface area contributed by atoms with E-state index in [9.17, 15) is 0 Å². The van der Waals surface area contributed by atoms with Crippen molar-refractivity contribution in [2.45, 2.75) is 40.0 Å². The topological polar surface area (TPSA) is 12.0 Å². The van der Waals surface area contributed by atoms with E-state index >= 15 is 0 Å². The van der Waals surface area contributed by atoms with Gasteiger partial charge in [0.2, 0.25) is 0 Å². The van der Waals surface area contributed by atoms with Gasteiger partial charge in [0.05, 0.1) is 0 Å². The Morgan fingerprint density at radius 1 is 1.00 bits per heavy atom. The first-order chi connectivity index (χ1) is 10.2. The van der Waals surface area contributed by atoms with E-state index in [0.717, 1.165) is 19.5 Å². The monoisotopic (exact) mass is 301 g/mol. The molecule has 0 fully saturated rings. The number of nitrogens with one attached hydrogen (secondary N) is 1. The molecule has 1 nitrogen and oxygen atoms in total. The molecule has 2 aromatic rings. The van der Waals surface area contributed by atoms with Crippen LogP contribution in [0.1, 0.15) is 34.7 Å². The van der Waals surface area contributed by atoms with E-state index in [1.54, 1.807) is 0 Å². The predicted octanol–water partition coefficient (Wildman–Crippen LogP) is 4.63. The maximum atomic E-state index is 3.53. The Balaban J connectivity index is 2.05. The molecule has 1 N–H and O–H groups in total. The second-order valence-electron chi connectivity index (χ2n) is 5.73. The van der Waals surface area contributed by atoms with Crippen LogP contribution in [0.3, 0.4) is 0 Å². The minimum Gasteiger partial charge on any atom is -0.317 e. The van der Waals surface area contributed by atoms with Crippen LogP contribution in [0.15, 0.2) is 36.4 Å². The van der Waals surface area contributed by atoms with Gasteiger partial charge in [-0.3, -0.25) is 0 Å². The van der Waals surface area contributed by atoms with Crippen molar-refractivity contribution in [1.82, 2.24) is 5.32 Å². The van der Waals surface area contributed by atoms with Crippen LogP contribution in [-0.4, -0.2) is 13.1 Å². The van der Waals surface area contributed by atoms with E-state index in [1.807, 2.05) is 11.3 Å². The molecule has 1 unspecified atom stereocenters. The summed E-state index contributed by atoms with van der Waals surface area (Å²) in [5.74, 6) is 0.675. The quantitative estimate of drug-likeness (QED) is 0.749. The lowest BCUT2D eigenvalue weighted by Gasteiger charge is -2.18. The van der Waals surface area contributed by atoms with Crippen molar-refractivity contribution < 1.29 is 0 Å². The zero-order valence-electron chi connectivity index (χ0n) is 13.5. The molecule has 0 amide bonds. The Labute approximate surface area is 133 Å². The van der Waals surface area contributed by atoms with Gasteiger partial charge < -0.3 is 5.32 Å². The standard InChI is InChI=1S/C19H27NS/c1-4-18-10-11-19(21-18)13-16(14-20-5-2)12-17-9-7-6-8-15(17)3/h6-11,16,20H,4-5,12-14H2,1-3H3. The third-order valence-electron chi connectivity index (χ3n) is 4.01. The largest absolute Gasteiger partial charge is 0.317 e. The predicted molar refractivity (Wildman–Crippen MR) is 94.3 cm³/mol. The van der Waals surface area contributed by atoms with Gasteiger partial charge in [-0.05, 0) is 68.5 Å². The number of aryl methyl sites for hydroxylation is 2. The van der Waals surface area contributed by atoms with Gasteiger partial charge in [0.1, 0.15) is 0 Å². The van der Waals surface area contributed by atoms with Crippen molar-refractivity contribution in [2.75, 3.05) is 13.1 Å². The van der Waals surface area contributed by atoms with Crippen LogP contribution in [0.5, 0.6) is 0 Å². The van der Waals surface area contributed by atoms with Crippen LogP contribution < -0.4 is 5.32 Å². The Kier molecular flexibility index (Phi) is 6.47. The number of rotatable bonds is 8. The minimum absolute atomic E-state index is 0.675. The molecule has 0 spiro atoms. The number of hydrogen-bond acceptors (Lipinski definition) is 2. The summed E-state index contributed by atoms with van der Waals surface area (Å²) in [7, 11) is 0. The highest BCUT2D eigenvalue weighted by atomic mass is 32.1. The molecule has 0 aliphatic heterocycles. The van der Waals surface area contributed by atoms with Crippen LogP contribution in [0, 0.1) is 12.8 Å². The summed E-state index contributed by atoms with van der Waals surface area (Å²) in [6.45, 7) is 8.79. The van der Waals surface area contributed by atoms with Crippen LogP contribution in [-0.2, 0) is 19.3 Å². The van der Waals surface area contributed by atoms with Crippen molar-refractivity contribution in [3.63, 3.8) is 0 Å². The molecule has 0 aliphatic carbocycles. The van der Waals surface area contributed by atoms with E-state index in [0.29, 0.717) is 5.92 Å². The molecule has 2 heteroatoms. The molecular formula is C19H27NS. The molecule has 0 radical (unpaired) electrons. The summed E-state index contributed by atoms with van der Waals surface area (Å²) < 4.78 is 0. The summed E-state index contributed by atoms with van der Waals surface area (Å²) in [5, 5.41) is 3.53. The fourth-order valence-corrected chi connectivity index (χ4v) is 3.79. The summed E-state index contributed by atoms with van der Waals surface area (Å²) >= 11 is 1.98. The minimum atomic E-state index is 0.675. The van der Waals surface area contributed by atoms with Crippen molar-refractivity contribution in [1.29, 1.82) is 0 Å². The van der Waals surface area contributed by atoms with Crippen molar-refractivity contribution in [3.05, 3.63) is 57.3 Å². The van der Waals surface area contributed by atoms with Gasteiger partial charge in [-0.15, -0.1) is 11.3 Å². The van der Waals surface area contributed by atoms with Crippen molar-refractivity contribution in [2.24, 2.45) is 5.92 Å². The average molecular weight is 301 g/mol. The number of benzene rings is 1. The molecule has 0 aliphatic rings. The summed E-state index contributed by atoms with van der Waals surface area (Å²) in [5.41, 5.74) is 2.91. The molecule has 1 atom stereocenters. The van der Waals surface area contributed by atoms with Gasteiger partial charge >= 0.3 is 0 Å². The third kappa shape index (κ3) is 4.98. The molecule has 1 aromatic heterocycles. The Morgan fingerprint density at radius 2 is 1.76 bits per heavy atom. The van der Waals surface area contributed by atoms with E-state index in [1.165, 1.54) is 33.7 Å². The Bertz CT molecular complexity index is 544. The highest BCUT2D eigenvalue weighted by molar-refractivity contribution is 7.11. The first kappa shape index (κ1) is 16.3. The van der Waals surface area contributed by atoms with Gasteiger partial charge in [0, 0.05) is 9.75 Å². The lowest BCUT2D eigenvalue weighted by Crippen LogP contribution is -2.25. The smallest absolute Gasteiger partial charge is 0.00515 e. The van der Waals surface area contributed by atoms with Gasteiger partial charge in [0.25, 0.3) is 0 Å². The lowest BCUT2D eigenvalue weighted by atomic mass is 9.93. The zero-order chi connectivity index (χ0) is 15.1. The summed E-state index contributed by atoms with van der Waals surface area (Å²) in [6.07, 6.45) is 3.51. The van der Waals surface area contributed by atoms with Crippen LogP contribution in [0.4, 0.5) is 0 Å². The Morgan fingerprint density at radius 3 is 2.43 bits per heavy atom. The van der Waals surface area contributed by atoms with E-state index in [4.69, 9.17) is 0 Å². The fraction of sp³-hybridized carbons (Fsp3) is 0.474. The molecule has 0 saturated heterocycles. The highest BCUT2D eigenvalue weighted by Gasteiger charge is 2.13. The van der Waals surface area contributed by atoms with Gasteiger partial charge in [-0.1, -0.05) is 38.1 Å². The SMILES string of the molecule is CCNCC(Cc1ccc(CC)s1)Cc1ccccc1C. The molecule has 1 heterocycles. The van der Waals surface area contributed by atoms with Crippen molar-refractivity contribution in [3.8, 4) is 0 Å². The van der Waals surface area contributed by atoms with Gasteiger partial charge in [-0.25, -0.2) is 0 Å².